The summed E-state index contributed by atoms with van der Waals surface area (Å²) in [7, 11) is 1.48. The minimum atomic E-state index is -0.627. The van der Waals surface area contributed by atoms with E-state index >= 15 is 0 Å². The average molecular weight is 344 g/mol. The van der Waals surface area contributed by atoms with Crippen LogP contribution < -0.4 is 20.3 Å². The molecular formula is C18H20N2O5. The molecule has 132 valence electrons. The molecule has 0 aromatic heterocycles. The highest BCUT2D eigenvalue weighted by Crippen LogP contribution is 2.28. The third kappa shape index (κ3) is 4.63. The molecule has 0 fully saturated rings. The minimum absolute atomic E-state index is 0.0357. The minimum Gasteiger partial charge on any atom is -0.507 e. The topological polar surface area (TPSA) is 96.9 Å². The van der Waals surface area contributed by atoms with Gasteiger partial charge in [-0.15, -0.1) is 0 Å². The zero-order valence-corrected chi connectivity index (χ0v) is 14.2. The Kier molecular flexibility index (Phi) is 5.84. The van der Waals surface area contributed by atoms with Gasteiger partial charge in [-0.25, -0.2) is 0 Å². The lowest BCUT2D eigenvalue weighted by atomic mass is 10.2. The summed E-state index contributed by atoms with van der Waals surface area (Å²) >= 11 is 0. The van der Waals surface area contributed by atoms with Crippen LogP contribution in [-0.2, 0) is 0 Å². The number of carbonyl (C=O) groups excluding carboxylic acids is 2. The van der Waals surface area contributed by atoms with Crippen molar-refractivity contribution in [3.05, 3.63) is 53.6 Å². The maximum atomic E-state index is 12.2. The molecule has 0 atom stereocenters. The van der Waals surface area contributed by atoms with Crippen molar-refractivity contribution in [3.8, 4) is 17.2 Å². The number of nitrogens with one attached hydrogen (secondary N) is 2. The number of phenols is 1. The first kappa shape index (κ1) is 18.1. The number of rotatable bonds is 5. The molecule has 2 aromatic carbocycles. The average Bonchev–Trinajstić information content (AvgIpc) is 2.59. The van der Waals surface area contributed by atoms with Gasteiger partial charge in [0.1, 0.15) is 5.75 Å². The van der Waals surface area contributed by atoms with Crippen LogP contribution in [0, 0.1) is 0 Å². The largest absolute Gasteiger partial charge is 0.507 e. The van der Waals surface area contributed by atoms with Gasteiger partial charge in [-0.2, -0.15) is 0 Å². The number of aromatic hydroxyl groups is 1. The predicted molar refractivity (Wildman–Crippen MR) is 91.8 cm³/mol. The number of ether oxygens (including phenoxy) is 2. The Balaban J connectivity index is 2.06. The molecule has 0 aliphatic heterocycles. The van der Waals surface area contributed by atoms with Crippen molar-refractivity contribution in [1.29, 1.82) is 0 Å². The van der Waals surface area contributed by atoms with Crippen LogP contribution in [0.5, 0.6) is 17.2 Å². The highest BCUT2D eigenvalue weighted by atomic mass is 16.5. The number of carbonyl (C=O) groups is 2. The smallest absolute Gasteiger partial charge is 0.273 e. The van der Waals surface area contributed by atoms with Crippen LogP contribution in [0.3, 0.4) is 0 Å². The fraction of sp³-hybridized carbons (Fsp3) is 0.222. The summed E-state index contributed by atoms with van der Waals surface area (Å²) in [4.78, 5) is 24.2. The van der Waals surface area contributed by atoms with Crippen LogP contribution in [0.2, 0.25) is 0 Å². The van der Waals surface area contributed by atoms with Crippen molar-refractivity contribution in [2.24, 2.45) is 0 Å². The number of hydrazine groups is 1. The lowest BCUT2D eigenvalue weighted by Crippen LogP contribution is -2.41. The molecule has 3 N–H and O–H groups in total. The molecule has 0 unspecified atom stereocenters. The van der Waals surface area contributed by atoms with E-state index in [9.17, 15) is 14.7 Å². The lowest BCUT2D eigenvalue weighted by molar-refractivity contribution is 0.0844. The van der Waals surface area contributed by atoms with Gasteiger partial charge < -0.3 is 14.6 Å². The summed E-state index contributed by atoms with van der Waals surface area (Å²) in [5, 5.41) is 9.63. The number of para-hydroxylation sites is 1. The van der Waals surface area contributed by atoms with Crippen molar-refractivity contribution < 1.29 is 24.2 Å². The van der Waals surface area contributed by atoms with Crippen LogP contribution >= 0.6 is 0 Å². The summed E-state index contributed by atoms with van der Waals surface area (Å²) in [6, 6.07) is 10.7. The summed E-state index contributed by atoms with van der Waals surface area (Å²) in [6.45, 7) is 3.77. The Hall–Kier alpha value is -3.22. The van der Waals surface area contributed by atoms with E-state index in [-0.39, 0.29) is 23.0 Å². The first-order chi connectivity index (χ1) is 11.9. The lowest BCUT2D eigenvalue weighted by Gasteiger charge is -2.14. The Morgan fingerprint density at radius 3 is 2.32 bits per heavy atom. The summed E-state index contributed by atoms with van der Waals surface area (Å²) in [5.41, 5.74) is 4.88. The molecule has 2 aromatic rings. The second kappa shape index (κ2) is 8.05. The monoisotopic (exact) mass is 344 g/mol. The van der Waals surface area contributed by atoms with Gasteiger partial charge in [0, 0.05) is 5.56 Å². The molecule has 0 spiro atoms. The van der Waals surface area contributed by atoms with Crippen LogP contribution in [-0.4, -0.2) is 30.1 Å². The van der Waals surface area contributed by atoms with E-state index in [1.54, 1.807) is 24.3 Å². The highest BCUT2D eigenvalue weighted by Gasteiger charge is 2.14. The molecule has 0 radical (unpaired) electrons. The highest BCUT2D eigenvalue weighted by molar-refractivity contribution is 6.00. The normalized spacial score (nSPS) is 10.2. The third-order valence-electron chi connectivity index (χ3n) is 3.23. The molecule has 0 saturated heterocycles. The summed E-state index contributed by atoms with van der Waals surface area (Å²) < 4.78 is 10.8. The quantitative estimate of drug-likeness (QED) is 0.723. The van der Waals surface area contributed by atoms with Crippen molar-refractivity contribution in [1.82, 2.24) is 10.9 Å². The van der Waals surface area contributed by atoms with Crippen molar-refractivity contribution in [2.75, 3.05) is 7.11 Å². The van der Waals surface area contributed by atoms with Gasteiger partial charge in [-0.05, 0) is 44.2 Å². The van der Waals surface area contributed by atoms with Crippen LogP contribution in [0.15, 0.2) is 42.5 Å². The molecule has 25 heavy (non-hydrogen) atoms. The molecule has 0 heterocycles. The second-order valence-corrected chi connectivity index (χ2v) is 5.46. The summed E-state index contributed by atoms with van der Waals surface area (Å²) in [6.07, 6.45) is -0.0357. The molecule has 0 aliphatic rings. The fourth-order valence-corrected chi connectivity index (χ4v) is 2.08. The molecular weight excluding hydrogens is 324 g/mol. The Bertz CT molecular complexity index is 774. The van der Waals surface area contributed by atoms with Gasteiger partial charge in [-0.3, -0.25) is 20.4 Å². The Morgan fingerprint density at radius 2 is 1.68 bits per heavy atom. The van der Waals surface area contributed by atoms with Gasteiger partial charge in [0.05, 0.1) is 18.8 Å². The zero-order chi connectivity index (χ0) is 18.4. The fourth-order valence-electron chi connectivity index (χ4n) is 2.08. The van der Waals surface area contributed by atoms with Gasteiger partial charge in [0.15, 0.2) is 11.5 Å². The van der Waals surface area contributed by atoms with Crippen molar-refractivity contribution in [3.63, 3.8) is 0 Å². The SMILES string of the molecule is COc1cc(C(=O)NNC(=O)c2ccccc2O)ccc1OC(C)C. The third-order valence-corrected chi connectivity index (χ3v) is 3.23. The molecule has 0 saturated carbocycles. The Morgan fingerprint density at radius 1 is 1.00 bits per heavy atom. The van der Waals surface area contributed by atoms with Gasteiger partial charge >= 0.3 is 0 Å². The molecule has 7 heteroatoms. The number of hydrogen-bond acceptors (Lipinski definition) is 5. The number of amides is 2. The molecule has 2 amide bonds. The predicted octanol–water partition coefficient (Wildman–Crippen LogP) is 2.26. The number of hydrogen-bond donors (Lipinski definition) is 3. The van der Waals surface area contributed by atoms with Crippen LogP contribution in [0.25, 0.3) is 0 Å². The first-order valence-corrected chi connectivity index (χ1v) is 7.65. The Labute approximate surface area is 145 Å². The number of benzene rings is 2. The zero-order valence-electron chi connectivity index (χ0n) is 14.2. The van der Waals surface area contributed by atoms with E-state index in [0.717, 1.165) is 0 Å². The first-order valence-electron chi connectivity index (χ1n) is 7.65. The van der Waals surface area contributed by atoms with E-state index in [1.165, 1.54) is 25.3 Å². The van der Waals surface area contributed by atoms with E-state index in [0.29, 0.717) is 11.5 Å². The molecule has 7 nitrogen and oxygen atoms in total. The van der Waals surface area contributed by atoms with E-state index < -0.39 is 11.8 Å². The van der Waals surface area contributed by atoms with E-state index in [4.69, 9.17) is 9.47 Å². The van der Waals surface area contributed by atoms with Gasteiger partial charge in [-0.1, -0.05) is 12.1 Å². The maximum absolute atomic E-state index is 12.2. The molecule has 2 rings (SSSR count). The van der Waals surface area contributed by atoms with Crippen LogP contribution in [0.1, 0.15) is 34.6 Å². The van der Waals surface area contributed by atoms with E-state index in [2.05, 4.69) is 10.9 Å². The maximum Gasteiger partial charge on any atom is 0.273 e. The number of phenolic OH excluding ortho intramolecular Hbond substituents is 1. The van der Waals surface area contributed by atoms with Crippen LogP contribution in [0.4, 0.5) is 0 Å². The standard InChI is InChI=1S/C18H20N2O5/c1-11(2)25-15-9-8-12(10-16(15)24-3)17(22)19-20-18(23)13-6-4-5-7-14(13)21/h4-11,21H,1-3H3,(H,19,22)(H,20,23). The van der Waals surface area contributed by atoms with Crippen molar-refractivity contribution in [2.45, 2.75) is 20.0 Å². The van der Waals surface area contributed by atoms with Crippen molar-refractivity contribution >= 4 is 11.8 Å². The number of methoxy groups -OCH3 is 1. The molecule has 0 aliphatic carbocycles. The van der Waals surface area contributed by atoms with E-state index in [1.807, 2.05) is 13.8 Å². The van der Waals surface area contributed by atoms with Gasteiger partial charge in [0.25, 0.3) is 11.8 Å². The second-order valence-electron chi connectivity index (χ2n) is 5.46. The summed E-state index contributed by atoms with van der Waals surface area (Å²) in [5.74, 6) is -0.400. The van der Waals surface area contributed by atoms with Gasteiger partial charge in [0.2, 0.25) is 0 Å². The molecule has 0 bridgehead atoms.